The number of hydrogen-bond acceptors (Lipinski definition) is 2. The van der Waals surface area contributed by atoms with Gasteiger partial charge in [-0.05, 0) is 31.1 Å². The molecule has 0 saturated carbocycles. The number of aryl methyl sites for hydroxylation is 1. The lowest BCUT2D eigenvalue weighted by atomic mass is 10.1. The molecular weight excluding hydrogens is 192 g/mol. The van der Waals surface area contributed by atoms with Crippen molar-refractivity contribution in [2.45, 2.75) is 13.8 Å². The Morgan fingerprint density at radius 1 is 1.53 bits per heavy atom. The van der Waals surface area contributed by atoms with Gasteiger partial charge in [-0.3, -0.25) is 0 Å². The molecule has 3 heteroatoms. The average Bonchev–Trinajstić information content (AvgIpc) is 2.15. The molecule has 0 aliphatic carbocycles. The van der Waals surface area contributed by atoms with Crippen LogP contribution in [-0.2, 0) is 0 Å². The number of benzene rings is 1. The SMILES string of the molecule is C=C(C)COc1c(C)cccc1C(=O)O. The van der Waals surface area contributed by atoms with Crippen LogP contribution >= 0.6 is 0 Å². The van der Waals surface area contributed by atoms with E-state index in [0.29, 0.717) is 12.4 Å². The van der Waals surface area contributed by atoms with Crippen molar-refractivity contribution in [2.24, 2.45) is 0 Å². The summed E-state index contributed by atoms with van der Waals surface area (Å²) >= 11 is 0. The minimum absolute atomic E-state index is 0.191. The molecule has 1 rings (SSSR count). The van der Waals surface area contributed by atoms with Crippen molar-refractivity contribution in [3.8, 4) is 5.75 Å². The van der Waals surface area contributed by atoms with Crippen LogP contribution < -0.4 is 4.74 Å². The summed E-state index contributed by atoms with van der Waals surface area (Å²) < 4.78 is 5.41. The van der Waals surface area contributed by atoms with E-state index in [1.165, 1.54) is 6.07 Å². The normalized spacial score (nSPS) is 9.73. The largest absolute Gasteiger partial charge is 0.488 e. The molecule has 1 aromatic rings. The lowest BCUT2D eigenvalue weighted by Gasteiger charge is -2.11. The van der Waals surface area contributed by atoms with Gasteiger partial charge in [0.1, 0.15) is 17.9 Å². The lowest BCUT2D eigenvalue weighted by molar-refractivity contribution is 0.0692. The van der Waals surface area contributed by atoms with Crippen molar-refractivity contribution in [1.82, 2.24) is 0 Å². The van der Waals surface area contributed by atoms with E-state index in [1.54, 1.807) is 6.07 Å². The number of aromatic carboxylic acids is 1. The van der Waals surface area contributed by atoms with Crippen LogP contribution in [-0.4, -0.2) is 17.7 Å². The zero-order chi connectivity index (χ0) is 11.4. The molecule has 0 unspecified atom stereocenters. The van der Waals surface area contributed by atoms with E-state index in [4.69, 9.17) is 9.84 Å². The highest BCUT2D eigenvalue weighted by atomic mass is 16.5. The maximum Gasteiger partial charge on any atom is 0.339 e. The second-order valence-electron chi connectivity index (χ2n) is 3.50. The fourth-order valence-corrected chi connectivity index (χ4v) is 1.21. The van der Waals surface area contributed by atoms with Crippen LogP contribution in [0.4, 0.5) is 0 Å². The van der Waals surface area contributed by atoms with Crippen molar-refractivity contribution in [3.63, 3.8) is 0 Å². The van der Waals surface area contributed by atoms with Gasteiger partial charge in [0.25, 0.3) is 0 Å². The maximum absolute atomic E-state index is 10.9. The first-order valence-corrected chi connectivity index (χ1v) is 4.62. The first kappa shape index (κ1) is 11.3. The highest BCUT2D eigenvalue weighted by Crippen LogP contribution is 2.23. The number of carboxylic acids is 1. The molecule has 0 atom stereocenters. The van der Waals surface area contributed by atoms with Crippen molar-refractivity contribution < 1.29 is 14.6 Å². The zero-order valence-corrected chi connectivity index (χ0v) is 8.91. The van der Waals surface area contributed by atoms with Crippen LogP contribution in [0.2, 0.25) is 0 Å². The molecule has 0 saturated heterocycles. The number of carboxylic acid groups (broad SMARTS) is 1. The molecule has 0 fully saturated rings. The predicted octanol–water partition coefficient (Wildman–Crippen LogP) is 2.65. The van der Waals surface area contributed by atoms with Crippen molar-refractivity contribution in [3.05, 3.63) is 41.5 Å². The third-order valence-corrected chi connectivity index (χ3v) is 1.91. The van der Waals surface area contributed by atoms with Gasteiger partial charge in [-0.15, -0.1) is 0 Å². The van der Waals surface area contributed by atoms with Crippen LogP contribution in [0.1, 0.15) is 22.8 Å². The summed E-state index contributed by atoms with van der Waals surface area (Å²) in [6.07, 6.45) is 0. The first-order chi connectivity index (χ1) is 7.02. The van der Waals surface area contributed by atoms with Crippen molar-refractivity contribution in [2.75, 3.05) is 6.61 Å². The van der Waals surface area contributed by atoms with Crippen LogP contribution in [0.25, 0.3) is 0 Å². The molecule has 3 nitrogen and oxygen atoms in total. The van der Waals surface area contributed by atoms with Gasteiger partial charge in [-0.2, -0.15) is 0 Å². The fourth-order valence-electron chi connectivity index (χ4n) is 1.21. The third kappa shape index (κ3) is 2.84. The molecule has 0 bridgehead atoms. The minimum atomic E-state index is -0.976. The molecule has 0 aliphatic rings. The van der Waals surface area contributed by atoms with E-state index < -0.39 is 5.97 Å². The van der Waals surface area contributed by atoms with Gasteiger partial charge in [0.05, 0.1) is 0 Å². The summed E-state index contributed by atoms with van der Waals surface area (Å²) in [7, 11) is 0. The molecule has 15 heavy (non-hydrogen) atoms. The van der Waals surface area contributed by atoms with E-state index >= 15 is 0 Å². The molecule has 0 radical (unpaired) electrons. The van der Waals surface area contributed by atoms with Crippen LogP contribution in [0.15, 0.2) is 30.4 Å². The Balaban J connectivity index is 3.02. The monoisotopic (exact) mass is 206 g/mol. The molecule has 1 aromatic carbocycles. The predicted molar refractivity (Wildman–Crippen MR) is 58.4 cm³/mol. The first-order valence-electron chi connectivity index (χ1n) is 4.62. The Morgan fingerprint density at radius 2 is 2.20 bits per heavy atom. The van der Waals surface area contributed by atoms with Gasteiger partial charge < -0.3 is 9.84 Å². The topological polar surface area (TPSA) is 46.5 Å². The van der Waals surface area contributed by atoms with Crippen LogP contribution in [0.5, 0.6) is 5.75 Å². The summed E-state index contributed by atoms with van der Waals surface area (Å²) in [5.74, 6) is -0.552. The molecular formula is C12H14O3. The molecule has 0 aromatic heterocycles. The summed E-state index contributed by atoms with van der Waals surface area (Å²) in [5, 5.41) is 8.95. The molecule has 0 spiro atoms. The smallest absolute Gasteiger partial charge is 0.339 e. The van der Waals surface area contributed by atoms with Crippen LogP contribution in [0, 0.1) is 6.92 Å². The van der Waals surface area contributed by atoms with E-state index in [2.05, 4.69) is 6.58 Å². The van der Waals surface area contributed by atoms with E-state index in [9.17, 15) is 4.79 Å². The van der Waals surface area contributed by atoms with Gasteiger partial charge in [0.15, 0.2) is 0 Å². The highest BCUT2D eigenvalue weighted by Gasteiger charge is 2.12. The zero-order valence-electron chi connectivity index (χ0n) is 8.91. The van der Waals surface area contributed by atoms with Crippen LogP contribution in [0.3, 0.4) is 0 Å². The van der Waals surface area contributed by atoms with E-state index in [1.807, 2.05) is 19.9 Å². The molecule has 1 N–H and O–H groups in total. The Bertz CT molecular complexity index is 394. The Kier molecular flexibility index (Phi) is 3.50. The maximum atomic E-state index is 10.9. The number of para-hydroxylation sites is 1. The Hall–Kier alpha value is -1.77. The third-order valence-electron chi connectivity index (χ3n) is 1.91. The fraction of sp³-hybridized carbons (Fsp3) is 0.250. The summed E-state index contributed by atoms with van der Waals surface area (Å²) in [5.41, 5.74) is 1.86. The molecule has 80 valence electrons. The van der Waals surface area contributed by atoms with Gasteiger partial charge >= 0.3 is 5.97 Å². The highest BCUT2D eigenvalue weighted by molar-refractivity contribution is 5.91. The summed E-state index contributed by atoms with van der Waals surface area (Å²) in [6.45, 7) is 7.69. The van der Waals surface area contributed by atoms with Gasteiger partial charge in [-0.1, -0.05) is 18.7 Å². The summed E-state index contributed by atoms with van der Waals surface area (Å²) in [4.78, 5) is 10.9. The molecule has 0 aliphatic heterocycles. The Labute approximate surface area is 89.0 Å². The number of ether oxygens (including phenoxy) is 1. The summed E-state index contributed by atoms with van der Waals surface area (Å²) in [6, 6.07) is 5.05. The number of carbonyl (C=O) groups is 1. The van der Waals surface area contributed by atoms with Crippen molar-refractivity contribution in [1.29, 1.82) is 0 Å². The van der Waals surface area contributed by atoms with Crippen molar-refractivity contribution >= 4 is 5.97 Å². The van der Waals surface area contributed by atoms with E-state index in [0.717, 1.165) is 11.1 Å². The number of rotatable bonds is 4. The molecule has 0 amide bonds. The minimum Gasteiger partial charge on any atom is -0.488 e. The lowest BCUT2D eigenvalue weighted by Crippen LogP contribution is -2.06. The molecule has 0 heterocycles. The van der Waals surface area contributed by atoms with Gasteiger partial charge in [0, 0.05) is 0 Å². The Morgan fingerprint density at radius 3 is 2.73 bits per heavy atom. The standard InChI is InChI=1S/C12H14O3/c1-8(2)7-15-11-9(3)5-4-6-10(11)12(13)14/h4-6H,1,7H2,2-3H3,(H,13,14). The van der Waals surface area contributed by atoms with E-state index in [-0.39, 0.29) is 5.56 Å². The quantitative estimate of drug-likeness (QED) is 0.770. The second-order valence-corrected chi connectivity index (χ2v) is 3.50. The second kappa shape index (κ2) is 4.64. The van der Waals surface area contributed by atoms with Gasteiger partial charge in [-0.25, -0.2) is 4.79 Å². The average molecular weight is 206 g/mol. The van der Waals surface area contributed by atoms with Gasteiger partial charge in [0.2, 0.25) is 0 Å². The number of hydrogen-bond donors (Lipinski definition) is 1.